The summed E-state index contributed by atoms with van der Waals surface area (Å²) in [4.78, 5) is 2.16. The monoisotopic (exact) mass is 286 g/mol. The molecule has 90 valence electrons. The van der Waals surface area contributed by atoms with Crippen LogP contribution in [-0.2, 0) is 4.74 Å². The Labute approximate surface area is 106 Å². The van der Waals surface area contributed by atoms with Gasteiger partial charge in [-0.3, -0.25) is 0 Å². The maximum absolute atomic E-state index is 5.97. The Kier molecular flexibility index (Phi) is 5.25. The Balaban J connectivity index is 2.93. The zero-order valence-corrected chi connectivity index (χ0v) is 11.6. The van der Waals surface area contributed by atoms with E-state index in [4.69, 9.17) is 10.5 Å². The third-order valence-electron chi connectivity index (χ3n) is 2.52. The molecule has 1 unspecified atom stereocenters. The topological polar surface area (TPSA) is 38.5 Å². The van der Waals surface area contributed by atoms with Gasteiger partial charge in [-0.2, -0.15) is 0 Å². The molecule has 0 radical (unpaired) electrons. The number of benzene rings is 1. The molecule has 1 aromatic rings. The fourth-order valence-corrected chi connectivity index (χ4v) is 1.97. The minimum Gasteiger partial charge on any atom is -0.383 e. The quantitative estimate of drug-likeness (QED) is 0.904. The first-order valence-electron chi connectivity index (χ1n) is 5.31. The minimum absolute atomic E-state index is 0.0255. The Morgan fingerprint density at radius 1 is 1.50 bits per heavy atom. The van der Waals surface area contributed by atoms with Crippen molar-refractivity contribution in [1.29, 1.82) is 0 Å². The van der Waals surface area contributed by atoms with Crippen molar-refractivity contribution in [2.45, 2.75) is 13.0 Å². The molecule has 0 aromatic heterocycles. The fourth-order valence-electron chi connectivity index (χ4n) is 1.59. The summed E-state index contributed by atoms with van der Waals surface area (Å²) in [5, 5.41) is 0. The lowest BCUT2D eigenvalue weighted by atomic mass is 10.1. The maximum Gasteiger partial charge on any atom is 0.0637 e. The van der Waals surface area contributed by atoms with Crippen LogP contribution in [0.5, 0.6) is 0 Å². The highest BCUT2D eigenvalue weighted by atomic mass is 79.9. The van der Waals surface area contributed by atoms with Gasteiger partial charge in [0.05, 0.1) is 6.61 Å². The molecule has 3 nitrogen and oxygen atoms in total. The minimum atomic E-state index is 0.0255. The van der Waals surface area contributed by atoms with Crippen LogP contribution in [0.2, 0.25) is 0 Å². The molecular weight excluding hydrogens is 268 g/mol. The number of hydrogen-bond acceptors (Lipinski definition) is 3. The SMILES string of the molecule is COCCN(C)c1ccc(Br)cc1C(C)N. The summed E-state index contributed by atoms with van der Waals surface area (Å²) in [7, 11) is 3.76. The van der Waals surface area contributed by atoms with Gasteiger partial charge in [0.1, 0.15) is 0 Å². The van der Waals surface area contributed by atoms with Gasteiger partial charge in [0.15, 0.2) is 0 Å². The van der Waals surface area contributed by atoms with Gasteiger partial charge >= 0.3 is 0 Å². The fraction of sp³-hybridized carbons (Fsp3) is 0.500. The molecule has 0 aliphatic carbocycles. The van der Waals surface area contributed by atoms with E-state index in [9.17, 15) is 0 Å². The molecule has 0 aliphatic heterocycles. The summed E-state index contributed by atoms with van der Waals surface area (Å²) in [6.45, 7) is 3.57. The highest BCUT2D eigenvalue weighted by Crippen LogP contribution is 2.27. The van der Waals surface area contributed by atoms with Crippen LogP contribution in [0.1, 0.15) is 18.5 Å². The van der Waals surface area contributed by atoms with Crippen LogP contribution in [0.15, 0.2) is 22.7 Å². The lowest BCUT2D eigenvalue weighted by Crippen LogP contribution is -2.24. The molecule has 4 heteroatoms. The van der Waals surface area contributed by atoms with E-state index in [1.54, 1.807) is 7.11 Å². The molecule has 0 saturated carbocycles. The molecular formula is C12H19BrN2O. The molecule has 0 spiro atoms. The third kappa shape index (κ3) is 3.47. The zero-order chi connectivity index (χ0) is 12.1. The van der Waals surface area contributed by atoms with Crippen molar-refractivity contribution in [3.8, 4) is 0 Å². The number of rotatable bonds is 5. The van der Waals surface area contributed by atoms with Crippen molar-refractivity contribution in [2.75, 3.05) is 32.2 Å². The number of ether oxygens (including phenoxy) is 1. The van der Waals surface area contributed by atoms with Crippen molar-refractivity contribution in [1.82, 2.24) is 0 Å². The van der Waals surface area contributed by atoms with Crippen LogP contribution < -0.4 is 10.6 Å². The summed E-state index contributed by atoms with van der Waals surface area (Å²) >= 11 is 3.47. The molecule has 0 saturated heterocycles. The van der Waals surface area contributed by atoms with Crippen molar-refractivity contribution in [3.63, 3.8) is 0 Å². The van der Waals surface area contributed by atoms with E-state index in [0.29, 0.717) is 6.61 Å². The Morgan fingerprint density at radius 2 is 2.19 bits per heavy atom. The molecule has 2 N–H and O–H groups in total. The molecule has 0 aliphatic rings. The lowest BCUT2D eigenvalue weighted by Gasteiger charge is -2.24. The molecule has 0 heterocycles. The summed E-state index contributed by atoms with van der Waals surface area (Å²) in [6.07, 6.45) is 0. The van der Waals surface area contributed by atoms with Gasteiger partial charge in [-0.1, -0.05) is 15.9 Å². The normalized spacial score (nSPS) is 12.6. The summed E-state index contributed by atoms with van der Waals surface area (Å²) in [5.41, 5.74) is 8.28. The van der Waals surface area contributed by atoms with Gasteiger partial charge in [-0.25, -0.2) is 0 Å². The zero-order valence-electron chi connectivity index (χ0n) is 10.0. The Hall–Kier alpha value is -0.580. The Bertz CT molecular complexity index is 342. The Morgan fingerprint density at radius 3 is 2.75 bits per heavy atom. The van der Waals surface area contributed by atoms with Crippen LogP contribution >= 0.6 is 15.9 Å². The van der Waals surface area contributed by atoms with Crippen LogP contribution in [0.25, 0.3) is 0 Å². The van der Waals surface area contributed by atoms with Crippen molar-refractivity contribution in [3.05, 3.63) is 28.2 Å². The lowest BCUT2D eigenvalue weighted by molar-refractivity contribution is 0.206. The van der Waals surface area contributed by atoms with Gasteiger partial charge in [0, 0.05) is 36.9 Å². The third-order valence-corrected chi connectivity index (χ3v) is 3.02. The maximum atomic E-state index is 5.97. The molecule has 0 amide bonds. The molecule has 16 heavy (non-hydrogen) atoms. The molecule has 0 fully saturated rings. The van der Waals surface area contributed by atoms with Crippen LogP contribution in [-0.4, -0.2) is 27.3 Å². The van der Waals surface area contributed by atoms with Crippen LogP contribution in [0.4, 0.5) is 5.69 Å². The van der Waals surface area contributed by atoms with Gasteiger partial charge in [-0.05, 0) is 30.7 Å². The predicted molar refractivity (Wildman–Crippen MR) is 71.9 cm³/mol. The second-order valence-corrected chi connectivity index (χ2v) is 4.82. The average molecular weight is 287 g/mol. The van der Waals surface area contributed by atoms with E-state index in [-0.39, 0.29) is 6.04 Å². The van der Waals surface area contributed by atoms with Gasteiger partial charge < -0.3 is 15.4 Å². The van der Waals surface area contributed by atoms with Gasteiger partial charge in [0.25, 0.3) is 0 Å². The second-order valence-electron chi connectivity index (χ2n) is 3.91. The van der Waals surface area contributed by atoms with Crippen molar-refractivity contribution < 1.29 is 4.74 Å². The van der Waals surface area contributed by atoms with E-state index in [0.717, 1.165) is 22.3 Å². The van der Waals surface area contributed by atoms with Crippen LogP contribution in [0.3, 0.4) is 0 Å². The number of nitrogens with two attached hydrogens (primary N) is 1. The standard InChI is InChI=1S/C12H19BrN2O/c1-9(14)11-8-10(13)4-5-12(11)15(2)6-7-16-3/h4-5,8-9H,6-7,14H2,1-3H3. The first-order chi connectivity index (χ1) is 7.56. The number of anilines is 1. The summed E-state index contributed by atoms with van der Waals surface area (Å²) in [6, 6.07) is 6.21. The number of nitrogens with zero attached hydrogens (tertiary/aromatic N) is 1. The molecule has 1 atom stereocenters. The average Bonchev–Trinajstić information content (AvgIpc) is 2.25. The number of halogens is 1. The highest BCUT2D eigenvalue weighted by molar-refractivity contribution is 9.10. The van der Waals surface area contributed by atoms with E-state index in [2.05, 4.69) is 33.0 Å². The molecule has 1 rings (SSSR count). The van der Waals surface area contributed by atoms with Gasteiger partial charge in [-0.15, -0.1) is 0 Å². The highest BCUT2D eigenvalue weighted by Gasteiger charge is 2.10. The summed E-state index contributed by atoms with van der Waals surface area (Å²) < 4.78 is 6.13. The summed E-state index contributed by atoms with van der Waals surface area (Å²) in [5.74, 6) is 0. The number of methoxy groups -OCH3 is 1. The molecule has 1 aromatic carbocycles. The first kappa shape index (κ1) is 13.5. The largest absolute Gasteiger partial charge is 0.383 e. The predicted octanol–water partition coefficient (Wildman–Crippen LogP) is 2.55. The smallest absolute Gasteiger partial charge is 0.0637 e. The van der Waals surface area contributed by atoms with Crippen molar-refractivity contribution >= 4 is 21.6 Å². The number of likely N-dealkylation sites (N-methyl/N-ethyl adjacent to an activating group) is 1. The van der Waals surface area contributed by atoms with Crippen LogP contribution in [0, 0.1) is 0 Å². The van der Waals surface area contributed by atoms with E-state index < -0.39 is 0 Å². The van der Waals surface area contributed by atoms with E-state index >= 15 is 0 Å². The number of hydrogen-bond donors (Lipinski definition) is 1. The molecule has 0 bridgehead atoms. The van der Waals surface area contributed by atoms with E-state index in [1.165, 1.54) is 0 Å². The van der Waals surface area contributed by atoms with Crippen molar-refractivity contribution in [2.24, 2.45) is 5.73 Å². The van der Waals surface area contributed by atoms with E-state index in [1.807, 2.05) is 20.0 Å². The van der Waals surface area contributed by atoms with Gasteiger partial charge in [0.2, 0.25) is 0 Å². The first-order valence-corrected chi connectivity index (χ1v) is 6.10. The second kappa shape index (κ2) is 6.23.